The van der Waals surface area contributed by atoms with Gasteiger partial charge in [-0.1, -0.05) is 71.1 Å². The van der Waals surface area contributed by atoms with E-state index in [9.17, 15) is 39.3 Å². The minimum absolute atomic E-state index is 0.0158. The molecule has 3 N–H and O–H groups in total. The molecule has 3 heterocycles. The number of piperidine rings is 1. The lowest BCUT2D eigenvalue weighted by Crippen LogP contribution is -2.61. The highest BCUT2D eigenvalue weighted by Gasteiger charge is 2.53. The van der Waals surface area contributed by atoms with Crippen molar-refractivity contribution in [2.24, 2.45) is 35.5 Å². The van der Waals surface area contributed by atoms with Crippen LogP contribution in [0.5, 0.6) is 0 Å². The van der Waals surface area contributed by atoms with E-state index in [2.05, 4.69) is 0 Å². The summed E-state index contributed by atoms with van der Waals surface area (Å²) in [5.74, 6) is -7.96. The van der Waals surface area contributed by atoms with Crippen molar-refractivity contribution in [1.29, 1.82) is 0 Å². The van der Waals surface area contributed by atoms with Crippen molar-refractivity contribution < 1.29 is 67.7 Å². The zero-order chi connectivity index (χ0) is 50.3. The first-order valence-electron chi connectivity index (χ1n) is 25.0. The van der Waals surface area contributed by atoms with Gasteiger partial charge in [-0.05, 0) is 107 Å². The van der Waals surface area contributed by atoms with Crippen molar-refractivity contribution in [1.82, 2.24) is 4.90 Å². The summed E-state index contributed by atoms with van der Waals surface area (Å²) in [4.78, 5) is 72.1. The van der Waals surface area contributed by atoms with Crippen LogP contribution in [-0.4, -0.2) is 145 Å². The van der Waals surface area contributed by atoms with Crippen molar-refractivity contribution in [2.45, 2.75) is 180 Å². The number of hydrogen-bond donors (Lipinski definition) is 3. The van der Waals surface area contributed by atoms with E-state index in [-0.39, 0.29) is 74.1 Å². The fraction of sp³-hybridized carbons (Fsp3) is 0.755. The van der Waals surface area contributed by atoms with Crippen LogP contribution in [0.15, 0.2) is 47.6 Å². The third kappa shape index (κ3) is 15.3. The molecule has 15 heteroatoms. The van der Waals surface area contributed by atoms with Crippen LogP contribution in [-0.2, 0) is 52.4 Å². The van der Waals surface area contributed by atoms with Crippen LogP contribution in [0.4, 0.5) is 0 Å². The number of allylic oxidation sites excluding steroid dienone is 6. The summed E-state index contributed by atoms with van der Waals surface area (Å²) in [6.07, 6.45) is 12.0. The monoisotopic (exact) mass is 958 g/mol. The minimum atomic E-state index is -2.43. The van der Waals surface area contributed by atoms with Gasteiger partial charge in [-0.15, -0.1) is 0 Å². The topological polar surface area (TPSA) is 205 Å². The van der Waals surface area contributed by atoms with E-state index < -0.39 is 77.8 Å². The molecule has 1 amide bonds. The molecule has 15 nitrogen and oxygen atoms in total. The number of aliphatic hydroxyl groups excluding tert-OH is 2. The molecule has 1 saturated carbocycles. The summed E-state index contributed by atoms with van der Waals surface area (Å²) < 4.78 is 35.6. The second kappa shape index (κ2) is 27.3. The van der Waals surface area contributed by atoms with E-state index in [1.54, 1.807) is 41.1 Å². The number of cyclic esters (lactones) is 1. The second-order valence-corrected chi connectivity index (χ2v) is 20.2. The lowest BCUT2D eigenvalue weighted by molar-refractivity contribution is -0.265. The molecule has 384 valence electrons. The zero-order valence-electron chi connectivity index (χ0n) is 42.4. The number of amides is 1. The minimum Gasteiger partial charge on any atom is -0.460 e. The number of hydrogen-bond acceptors (Lipinski definition) is 14. The van der Waals surface area contributed by atoms with Gasteiger partial charge in [0.2, 0.25) is 5.79 Å². The number of esters is 1. The number of ether oxygens (including phenoxy) is 6. The Kier molecular flexibility index (Phi) is 22.9. The van der Waals surface area contributed by atoms with E-state index >= 15 is 0 Å². The number of Topliss-reactive ketones (excluding diaryl/α,β-unsaturated/α-hetero) is 3. The van der Waals surface area contributed by atoms with Crippen LogP contribution in [0.3, 0.4) is 0 Å². The normalized spacial score (nSPS) is 39.2. The lowest BCUT2D eigenvalue weighted by atomic mass is 9.78. The first-order chi connectivity index (χ1) is 32.3. The molecule has 1 aliphatic carbocycles. The van der Waals surface area contributed by atoms with Gasteiger partial charge < -0.3 is 48.6 Å². The molecule has 68 heavy (non-hydrogen) atoms. The van der Waals surface area contributed by atoms with Crippen molar-refractivity contribution in [3.63, 3.8) is 0 Å². The Hall–Kier alpha value is -3.41. The molecule has 0 aromatic heterocycles. The Morgan fingerprint density at radius 1 is 0.853 bits per heavy atom. The number of carbonyl (C=O) groups excluding carboxylic acids is 5. The summed E-state index contributed by atoms with van der Waals surface area (Å²) in [7, 11) is 4.58. The van der Waals surface area contributed by atoms with Gasteiger partial charge in [0.1, 0.15) is 30.1 Å². The SMILES string of the molecule is CO[C@H]1C[C@H]2CC[C@@H](C)[C@@](O)(O2)C(=O)C(=O)N2CCCC[C@H]2C(=O)O[C@H]([C@H](C)C[C@H]2CC[C@@H](OCCO)[C@H](OC)C2)CC(=O)[C@H](C)/C=C(\C)[C@@H](O)[C@@H](OC)C(=O)[C@H](C)C[C@H](C)/C=C/C=C/C=C/1C. The molecule has 0 aromatic carbocycles. The Morgan fingerprint density at radius 3 is 2.26 bits per heavy atom. The fourth-order valence-electron chi connectivity index (χ4n) is 10.5. The van der Waals surface area contributed by atoms with Crippen molar-refractivity contribution in [3.8, 4) is 0 Å². The van der Waals surface area contributed by atoms with Crippen LogP contribution in [0.2, 0.25) is 0 Å². The number of carbonyl (C=O) groups is 5. The number of nitrogens with zero attached hydrogens (tertiary/aromatic N) is 1. The average Bonchev–Trinajstić information content (AvgIpc) is 3.32. The molecule has 0 spiro atoms. The number of rotatable bonds is 9. The number of fused-ring (bicyclic) bond motifs is 3. The first-order valence-corrected chi connectivity index (χ1v) is 25.0. The van der Waals surface area contributed by atoms with Gasteiger partial charge in [0, 0.05) is 58.5 Å². The van der Waals surface area contributed by atoms with Gasteiger partial charge in [0.25, 0.3) is 11.7 Å². The van der Waals surface area contributed by atoms with Gasteiger partial charge >= 0.3 is 5.97 Å². The molecule has 3 fully saturated rings. The third-order valence-corrected chi connectivity index (χ3v) is 14.9. The van der Waals surface area contributed by atoms with E-state index in [1.165, 1.54) is 12.0 Å². The van der Waals surface area contributed by atoms with Crippen molar-refractivity contribution in [2.75, 3.05) is 41.1 Å². The smallest absolute Gasteiger partial charge is 0.329 e. The van der Waals surface area contributed by atoms with E-state index in [1.807, 2.05) is 58.1 Å². The molecule has 2 bridgehead atoms. The highest BCUT2D eigenvalue weighted by atomic mass is 16.6. The van der Waals surface area contributed by atoms with Crippen LogP contribution in [0.25, 0.3) is 0 Å². The van der Waals surface area contributed by atoms with Crippen LogP contribution < -0.4 is 0 Å². The fourth-order valence-corrected chi connectivity index (χ4v) is 10.5. The van der Waals surface area contributed by atoms with Gasteiger partial charge in [-0.2, -0.15) is 0 Å². The summed E-state index contributed by atoms with van der Waals surface area (Å²) in [6.45, 7) is 12.9. The molecule has 0 aromatic rings. The van der Waals surface area contributed by atoms with Gasteiger partial charge in [-0.3, -0.25) is 19.2 Å². The predicted octanol–water partition coefficient (Wildman–Crippen LogP) is 6.20. The third-order valence-electron chi connectivity index (χ3n) is 14.9. The van der Waals surface area contributed by atoms with Crippen LogP contribution in [0, 0.1) is 35.5 Å². The molecule has 4 aliphatic rings. The summed E-state index contributed by atoms with van der Waals surface area (Å²) in [6, 6.07) is -1.14. The molecule has 4 rings (SSSR count). The summed E-state index contributed by atoms with van der Waals surface area (Å²) >= 11 is 0. The Morgan fingerprint density at radius 2 is 1.59 bits per heavy atom. The maximum atomic E-state index is 14.5. The standard InChI is InChI=1S/C53H83NO14/c1-32-16-12-11-13-17-33(2)44(63-8)30-40-21-19-38(7)53(62,68-40)50(59)51(60)54-23-15-14-18-41(54)52(61)67-45(35(4)28-39-20-22-43(66-25-24-55)46(29-39)64-9)31-42(56)34(3)27-37(6)48(58)49(65-10)47(57)36(5)26-32/h11-13,16-17,27,32,34-36,38-41,43-46,48-49,55,58,62H,14-15,18-26,28-31H2,1-10H3/b13-11+,16-12+,33-17+,37-27+/t32-,34-,35-,36-,38-,39-,40-,41+,43-,44+,45+,46-,48-,49+,53-/m1/s1. The van der Waals surface area contributed by atoms with Gasteiger partial charge in [0.05, 0.1) is 37.6 Å². The highest BCUT2D eigenvalue weighted by molar-refractivity contribution is 6.39. The molecule has 0 unspecified atom stereocenters. The predicted molar refractivity (Wildman–Crippen MR) is 256 cm³/mol. The molecular formula is C53H83NO14. The second-order valence-electron chi connectivity index (χ2n) is 20.2. The van der Waals surface area contributed by atoms with Crippen molar-refractivity contribution in [3.05, 3.63) is 47.6 Å². The lowest BCUT2D eigenvalue weighted by Gasteiger charge is -2.42. The molecular weight excluding hydrogens is 875 g/mol. The summed E-state index contributed by atoms with van der Waals surface area (Å²) in [5.41, 5.74) is 1.26. The maximum absolute atomic E-state index is 14.5. The van der Waals surface area contributed by atoms with Crippen LogP contribution >= 0.6 is 0 Å². The Bertz CT molecular complexity index is 1810. The van der Waals surface area contributed by atoms with E-state index in [0.717, 1.165) is 12.0 Å². The molecule has 0 radical (unpaired) electrons. The van der Waals surface area contributed by atoms with E-state index in [0.29, 0.717) is 63.4 Å². The Labute approximate surface area is 405 Å². The zero-order valence-corrected chi connectivity index (χ0v) is 42.4. The van der Waals surface area contributed by atoms with Gasteiger partial charge in [-0.25, -0.2) is 4.79 Å². The van der Waals surface area contributed by atoms with E-state index in [4.69, 9.17) is 28.4 Å². The average molecular weight is 958 g/mol. The highest BCUT2D eigenvalue weighted by Crippen LogP contribution is 2.38. The van der Waals surface area contributed by atoms with Gasteiger partial charge in [0.15, 0.2) is 5.78 Å². The molecule has 2 saturated heterocycles. The molecule has 3 aliphatic heterocycles. The summed E-state index contributed by atoms with van der Waals surface area (Å²) in [5, 5.41) is 32.8. The van der Waals surface area contributed by atoms with Crippen molar-refractivity contribution >= 4 is 29.2 Å². The largest absolute Gasteiger partial charge is 0.460 e. The quantitative estimate of drug-likeness (QED) is 0.134. The first kappa shape index (κ1) is 57.2. The molecule has 15 atom stereocenters. The number of ketones is 3. The maximum Gasteiger partial charge on any atom is 0.329 e. The van der Waals surface area contributed by atoms with Crippen LogP contribution in [0.1, 0.15) is 126 Å². The Balaban J connectivity index is 1.70. The number of methoxy groups -OCH3 is 3. The number of aliphatic hydroxyl groups is 3.